The van der Waals surface area contributed by atoms with Crippen molar-refractivity contribution in [1.82, 2.24) is 4.90 Å². The summed E-state index contributed by atoms with van der Waals surface area (Å²) < 4.78 is 11.6. The zero-order valence-corrected chi connectivity index (χ0v) is 17.3. The topological polar surface area (TPSA) is 55.8 Å². The second kappa shape index (κ2) is 7.54. The third-order valence-electron chi connectivity index (χ3n) is 6.07. The van der Waals surface area contributed by atoms with E-state index in [1.54, 1.807) is 7.11 Å². The minimum absolute atomic E-state index is 0.110. The zero-order valence-electron chi connectivity index (χ0n) is 17.3. The quantitative estimate of drug-likeness (QED) is 0.794. The first-order valence-corrected chi connectivity index (χ1v) is 10.1. The van der Waals surface area contributed by atoms with E-state index >= 15 is 0 Å². The van der Waals surface area contributed by atoms with Crippen molar-refractivity contribution in [3.8, 4) is 11.5 Å². The number of nitrogens with zero attached hydrogens (tertiary/aromatic N) is 1. The van der Waals surface area contributed by atoms with Crippen LogP contribution in [0.3, 0.4) is 0 Å². The van der Waals surface area contributed by atoms with Gasteiger partial charge in [-0.3, -0.25) is 9.59 Å². The number of ketones is 1. The van der Waals surface area contributed by atoms with Gasteiger partial charge in [-0.25, -0.2) is 0 Å². The highest BCUT2D eigenvalue weighted by atomic mass is 16.5. The standard InChI is InChI=1S/C24H27NO4/c1-16-12-17(2)23-20(26)15-24(29-21(23)13-16)8-10-25(11-9-24)22(27)14-18-4-6-19(28-3)7-5-18/h4-7,12-13H,8-11,14-15H2,1-3H3. The Morgan fingerprint density at radius 3 is 2.48 bits per heavy atom. The van der Waals surface area contributed by atoms with Crippen LogP contribution in [-0.4, -0.2) is 42.4 Å². The number of aryl methyl sites for hydroxylation is 2. The van der Waals surface area contributed by atoms with E-state index in [-0.39, 0.29) is 11.7 Å². The maximum atomic E-state index is 12.8. The molecule has 2 aromatic carbocycles. The number of piperidine rings is 1. The third kappa shape index (κ3) is 3.86. The van der Waals surface area contributed by atoms with E-state index in [0.29, 0.717) is 44.5 Å². The Labute approximate surface area is 171 Å². The van der Waals surface area contributed by atoms with Gasteiger partial charge in [-0.1, -0.05) is 18.2 Å². The molecule has 0 unspecified atom stereocenters. The van der Waals surface area contributed by atoms with Crippen LogP contribution in [0, 0.1) is 13.8 Å². The zero-order chi connectivity index (χ0) is 20.6. The van der Waals surface area contributed by atoms with Gasteiger partial charge in [0.05, 0.1) is 25.5 Å². The van der Waals surface area contributed by atoms with Gasteiger partial charge in [-0.2, -0.15) is 0 Å². The summed E-state index contributed by atoms with van der Waals surface area (Å²) in [5.74, 6) is 1.75. The molecule has 0 aromatic heterocycles. The van der Waals surface area contributed by atoms with Crippen LogP contribution in [0.2, 0.25) is 0 Å². The van der Waals surface area contributed by atoms with Crippen molar-refractivity contribution in [3.63, 3.8) is 0 Å². The van der Waals surface area contributed by atoms with Gasteiger partial charge in [-0.15, -0.1) is 0 Å². The lowest BCUT2D eigenvalue weighted by Gasteiger charge is -2.44. The molecule has 0 atom stereocenters. The molecule has 152 valence electrons. The number of amides is 1. The number of fused-ring (bicyclic) bond motifs is 1. The highest BCUT2D eigenvalue weighted by Crippen LogP contribution is 2.41. The van der Waals surface area contributed by atoms with Gasteiger partial charge in [0.15, 0.2) is 5.78 Å². The Morgan fingerprint density at radius 2 is 1.83 bits per heavy atom. The van der Waals surface area contributed by atoms with E-state index in [4.69, 9.17) is 9.47 Å². The number of ether oxygens (including phenoxy) is 2. The number of Topliss-reactive ketones (excluding diaryl/α,β-unsaturated/α-hetero) is 1. The number of hydrogen-bond donors (Lipinski definition) is 0. The molecule has 0 radical (unpaired) electrons. The minimum Gasteiger partial charge on any atom is -0.497 e. The SMILES string of the molecule is COc1ccc(CC(=O)N2CCC3(CC2)CC(=O)c2c(C)cc(C)cc2O3)cc1. The molecular weight excluding hydrogens is 366 g/mol. The van der Waals surface area contributed by atoms with Crippen LogP contribution in [0.5, 0.6) is 11.5 Å². The molecule has 1 saturated heterocycles. The maximum Gasteiger partial charge on any atom is 0.226 e. The third-order valence-corrected chi connectivity index (χ3v) is 6.07. The number of benzene rings is 2. The van der Waals surface area contributed by atoms with Gasteiger partial charge < -0.3 is 14.4 Å². The molecule has 2 aromatic rings. The summed E-state index contributed by atoms with van der Waals surface area (Å²) >= 11 is 0. The Morgan fingerprint density at radius 1 is 1.14 bits per heavy atom. The highest BCUT2D eigenvalue weighted by molar-refractivity contribution is 6.01. The second-order valence-corrected chi connectivity index (χ2v) is 8.25. The van der Waals surface area contributed by atoms with Gasteiger partial charge in [0.2, 0.25) is 5.91 Å². The summed E-state index contributed by atoms with van der Waals surface area (Å²) in [6, 6.07) is 11.6. The molecule has 1 spiro atoms. The molecule has 5 nitrogen and oxygen atoms in total. The first kappa shape index (κ1) is 19.5. The fourth-order valence-corrected chi connectivity index (χ4v) is 4.49. The van der Waals surface area contributed by atoms with Gasteiger partial charge in [0.25, 0.3) is 0 Å². The molecule has 0 aliphatic carbocycles. The summed E-state index contributed by atoms with van der Waals surface area (Å²) in [7, 11) is 1.63. The summed E-state index contributed by atoms with van der Waals surface area (Å²) in [4.78, 5) is 27.5. The summed E-state index contributed by atoms with van der Waals surface area (Å²) in [5.41, 5.74) is 3.28. The summed E-state index contributed by atoms with van der Waals surface area (Å²) in [5, 5.41) is 0. The highest BCUT2D eigenvalue weighted by Gasteiger charge is 2.44. The smallest absolute Gasteiger partial charge is 0.226 e. The molecular formula is C24H27NO4. The van der Waals surface area contributed by atoms with Crippen molar-refractivity contribution in [3.05, 3.63) is 58.7 Å². The summed E-state index contributed by atoms with van der Waals surface area (Å²) in [6.07, 6.45) is 2.13. The van der Waals surface area contributed by atoms with Crippen LogP contribution < -0.4 is 9.47 Å². The van der Waals surface area contributed by atoms with E-state index < -0.39 is 5.60 Å². The van der Waals surface area contributed by atoms with E-state index in [9.17, 15) is 9.59 Å². The second-order valence-electron chi connectivity index (χ2n) is 8.25. The van der Waals surface area contributed by atoms with E-state index in [1.165, 1.54) is 0 Å². The molecule has 4 rings (SSSR count). The molecule has 0 saturated carbocycles. The molecule has 1 fully saturated rings. The van der Waals surface area contributed by atoms with Crippen LogP contribution in [-0.2, 0) is 11.2 Å². The lowest BCUT2D eigenvalue weighted by molar-refractivity contribution is -0.134. The van der Waals surface area contributed by atoms with E-state index in [0.717, 1.165) is 28.0 Å². The molecule has 2 aliphatic rings. The van der Waals surface area contributed by atoms with Crippen molar-refractivity contribution >= 4 is 11.7 Å². The van der Waals surface area contributed by atoms with Crippen molar-refractivity contribution in [2.45, 2.75) is 45.1 Å². The van der Waals surface area contributed by atoms with Crippen LogP contribution in [0.25, 0.3) is 0 Å². The normalized spacial score (nSPS) is 17.6. The number of carbonyl (C=O) groups excluding carboxylic acids is 2. The van der Waals surface area contributed by atoms with Crippen molar-refractivity contribution < 1.29 is 19.1 Å². The summed E-state index contributed by atoms with van der Waals surface area (Å²) in [6.45, 7) is 5.21. The Kier molecular flexibility index (Phi) is 5.07. The van der Waals surface area contributed by atoms with Gasteiger partial charge in [0.1, 0.15) is 17.1 Å². The number of carbonyl (C=O) groups is 2. The molecule has 2 aliphatic heterocycles. The molecule has 29 heavy (non-hydrogen) atoms. The van der Waals surface area contributed by atoms with Crippen LogP contribution in [0.1, 0.15) is 46.3 Å². The largest absolute Gasteiger partial charge is 0.497 e. The number of likely N-dealkylation sites (tertiary alicyclic amines) is 1. The Hall–Kier alpha value is -2.82. The van der Waals surface area contributed by atoms with Gasteiger partial charge in [0, 0.05) is 25.9 Å². The molecule has 0 bridgehead atoms. The van der Waals surface area contributed by atoms with Gasteiger partial charge in [-0.05, 0) is 48.7 Å². The predicted molar refractivity (Wildman–Crippen MR) is 111 cm³/mol. The molecule has 0 N–H and O–H groups in total. The molecule has 5 heteroatoms. The molecule has 1 amide bonds. The maximum absolute atomic E-state index is 12.8. The van der Waals surface area contributed by atoms with Crippen LogP contribution >= 0.6 is 0 Å². The lowest BCUT2D eigenvalue weighted by atomic mass is 9.81. The average Bonchev–Trinajstić information content (AvgIpc) is 2.68. The first-order chi connectivity index (χ1) is 13.9. The average molecular weight is 393 g/mol. The monoisotopic (exact) mass is 393 g/mol. The molecule has 2 heterocycles. The number of hydrogen-bond acceptors (Lipinski definition) is 4. The fourth-order valence-electron chi connectivity index (χ4n) is 4.49. The van der Waals surface area contributed by atoms with E-state index in [1.807, 2.05) is 55.1 Å². The first-order valence-electron chi connectivity index (χ1n) is 10.1. The van der Waals surface area contributed by atoms with Crippen molar-refractivity contribution in [2.75, 3.05) is 20.2 Å². The van der Waals surface area contributed by atoms with Crippen molar-refractivity contribution in [2.24, 2.45) is 0 Å². The number of rotatable bonds is 3. The Bertz CT molecular complexity index is 940. The predicted octanol–water partition coefficient (Wildman–Crippen LogP) is 3.88. The van der Waals surface area contributed by atoms with Crippen molar-refractivity contribution in [1.29, 1.82) is 0 Å². The minimum atomic E-state index is -0.485. The van der Waals surface area contributed by atoms with Gasteiger partial charge >= 0.3 is 0 Å². The number of methoxy groups -OCH3 is 1. The van der Waals surface area contributed by atoms with E-state index in [2.05, 4.69) is 0 Å². The van der Waals surface area contributed by atoms with Crippen LogP contribution in [0.4, 0.5) is 0 Å². The lowest BCUT2D eigenvalue weighted by Crippen LogP contribution is -2.52. The van der Waals surface area contributed by atoms with Crippen LogP contribution in [0.15, 0.2) is 36.4 Å². The Balaban J connectivity index is 1.42. The fraction of sp³-hybridized carbons (Fsp3) is 0.417.